The second-order valence-electron chi connectivity index (χ2n) is 6.01. The minimum absolute atomic E-state index is 0.0738. The third kappa shape index (κ3) is 1.46. The topological polar surface area (TPSA) is 32.3 Å². The largest absolute Gasteiger partial charge is 0.390 e. The Bertz CT molecular complexity index is 293. The molecule has 0 aromatic rings. The molecule has 0 bridgehead atoms. The third-order valence-corrected chi connectivity index (χ3v) is 5.06. The number of hydrogen-bond donors (Lipinski definition) is 2. The highest BCUT2D eigenvalue weighted by Crippen LogP contribution is 2.48. The van der Waals surface area contributed by atoms with Gasteiger partial charge >= 0.3 is 0 Å². The lowest BCUT2D eigenvalue weighted by atomic mass is 9.67. The van der Waals surface area contributed by atoms with Crippen LogP contribution in [0.3, 0.4) is 0 Å². The Hall–Kier alpha value is -0.340. The molecule has 3 rings (SSSR count). The minimum atomic E-state index is -0.156. The summed E-state index contributed by atoms with van der Waals surface area (Å²) in [6.45, 7) is 1.03. The molecule has 1 heterocycles. The van der Waals surface area contributed by atoms with E-state index in [0.29, 0.717) is 0 Å². The van der Waals surface area contributed by atoms with Gasteiger partial charge in [0.15, 0.2) is 0 Å². The van der Waals surface area contributed by atoms with Gasteiger partial charge in [-0.3, -0.25) is 0 Å². The molecule has 16 heavy (non-hydrogen) atoms. The fraction of sp³-hybridized carbons (Fsp3) is 0.857. The number of rotatable bonds is 0. The van der Waals surface area contributed by atoms with E-state index < -0.39 is 0 Å². The van der Waals surface area contributed by atoms with Gasteiger partial charge < -0.3 is 10.4 Å². The first-order valence-electron chi connectivity index (χ1n) is 6.88. The summed E-state index contributed by atoms with van der Waals surface area (Å²) < 4.78 is 0. The Morgan fingerprint density at radius 1 is 1.06 bits per heavy atom. The molecule has 90 valence electrons. The second-order valence-corrected chi connectivity index (χ2v) is 6.01. The van der Waals surface area contributed by atoms with Gasteiger partial charge in [-0.1, -0.05) is 31.4 Å². The summed E-state index contributed by atoms with van der Waals surface area (Å²) in [5, 5.41) is 14.4. The van der Waals surface area contributed by atoms with Gasteiger partial charge in [0.1, 0.15) is 0 Å². The van der Waals surface area contributed by atoms with Crippen LogP contribution < -0.4 is 5.32 Å². The summed E-state index contributed by atoms with van der Waals surface area (Å²) in [4.78, 5) is 0. The van der Waals surface area contributed by atoms with Gasteiger partial charge in [-0.15, -0.1) is 0 Å². The molecule has 2 spiro atoms. The first-order valence-corrected chi connectivity index (χ1v) is 6.88. The fourth-order valence-electron chi connectivity index (χ4n) is 4.05. The zero-order chi connectivity index (χ0) is 11.1. The summed E-state index contributed by atoms with van der Waals surface area (Å²) in [5.74, 6) is 0. The summed E-state index contributed by atoms with van der Waals surface area (Å²) in [6.07, 6.45) is 14.3. The van der Waals surface area contributed by atoms with Gasteiger partial charge in [-0.2, -0.15) is 0 Å². The second kappa shape index (κ2) is 3.85. The quantitative estimate of drug-likeness (QED) is 0.616. The van der Waals surface area contributed by atoms with Gasteiger partial charge in [0.05, 0.1) is 11.6 Å². The lowest BCUT2D eigenvalue weighted by molar-refractivity contribution is 0.000767. The maximum atomic E-state index is 10.8. The molecular formula is C14H23NO. The normalized spacial score (nSPS) is 41.9. The minimum Gasteiger partial charge on any atom is -0.390 e. The van der Waals surface area contributed by atoms with Crippen molar-refractivity contribution in [2.24, 2.45) is 5.41 Å². The van der Waals surface area contributed by atoms with E-state index in [0.717, 1.165) is 13.0 Å². The molecule has 0 unspecified atom stereocenters. The van der Waals surface area contributed by atoms with Crippen molar-refractivity contribution in [3.05, 3.63) is 12.2 Å². The van der Waals surface area contributed by atoms with Gasteiger partial charge in [0.2, 0.25) is 0 Å². The number of hydrogen-bond acceptors (Lipinski definition) is 2. The van der Waals surface area contributed by atoms with Crippen molar-refractivity contribution in [3.63, 3.8) is 0 Å². The highest BCUT2D eigenvalue weighted by Gasteiger charge is 2.54. The molecule has 1 saturated carbocycles. The molecule has 2 heteroatoms. The van der Waals surface area contributed by atoms with Crippen LogP contribution >= 0.6 is 0 Å². The SMILES string of the molecule is O[C@@H]1C2(CCCCC2)CN[C@]12C=CCCC2. The fourth-order valence-corrected chi connectivity index (χ4v) is 4.05. The zero-order valence-corrected chi connectivity index (χ0v) is 10.0. The smallest absolute Gasteiger partial charge is 0.0825 e. The Morgan fingerprint density at radius 3 is 2.56 bits per heavy atom. The molecule has 2 nitrogen and oxygen atoms in total. The van der Waals surface area contributed by atoms with Crippen molar-refractivity contribution in [2.45, 2.75) is 63.0 Å². The average molecular weight is 221 g/mol. The van der Waals surface area contributed by atoms with Gasteiger partial charge in [0.25, 0.3) is 0 Å². The van der Waals surface area contributed by atoms with E-state index in [1.54, 1.807) is 0 Å². The van der Waals surface area contributed by atoms with Crippen molar-refractivity contribution in [2.75, 3.05) is 6.54 Å². The molecule has 0 radical (unpaired) electrons. The van der Waals surface area contributed by atoms with Crippen LogP contribution in [0.1, 0.15) is 51.4 Å². The molecule has 0 aromatic heterocycles. The van der Waals surface area contributed by atoms with Crippen LogP contribution in [-0.2, 0) is 0 Å². The number of nitrogens with one attached hydrogen (secondary N) is 1. The van der Waals surface area contributed by atoms with E-state index in [2.05, 4.69) is 17.5 Å². The predicted octanol–water partition coefficient (Wildman–Crippen LogP) is 2.38. The van der Waals surface area contributed by atoms with Crippen molar-refractivity contribution < 1.29 is 5.11 Å². The summed E-state index contributed by atoms with van der Waals surface area (Å²) in [5.41, 5.74) is 0.121. The maximum absolute atomic E-state index is 10.8. The molecule has 2 N–H and O–H groups in total. The van der Waals surface area contributed by atoms with Crippen LogP contribution in [-0.4, -0.2) is 23.3 Å². The Labute approximate surface area is 98.1 Å². The van der Waals surface area contributed by atoms with Crippen molar-refractivity contribution in [3.8, 4) is 0 Å². The molecule has 3 aliphatic rings. The van der Waals surface area contributed by atoms with E-state index in [9.17, 15) is 5.11 Å². The maximum Gasteiger partial charge on any atom is 0.0825 e. The van der Waals surface area contributed by atoms with Crippen molar-refractivity contribution in [1.29, 1.82) is 0 Å². The molecule has 2 aliphatic carbocycles. The lowest BCUT2D eigenvalue weighted by Gasteiger charge is -2.40. The van der Waals surface area contributed by atoms with Crippen LogP contribution in [0.15, 0.2) is 12.2 Å². The van der Waals surface area contributed by atoms with Gasteiger partial charge in [-0.25, -0.2) is 0 Å². The monoisotopic (exact) mass is 221 g/mol. The molecule has 2 atom stereocenters. The van der Waals surface area contributed by atoms with E-state index in [1.165, 1.54) is 44.9 Å². The van der Waals surface area contributed by atoms with E-state index >= 15 is 0 Å². The van der Waals surface area contributed by atoms with Gasteiger partial charge in [-0.05, 0) is 32.1 Å². The predicted molar refractivity (Wildman–Crippen MR) is 65.2 cm³/mol. The van der Waals surface area contributed by atoms with Crippen LogP contribution in [0.5, 0.6) is 0 Å². The van der Waals surface area contributed by atoms with E-state index in [-0.39, 0.29) is 17.1 Å². The summed E-state index contributed by atoms with van der Waals surface area (Å²) >= 11 is 0. The Balaban J connectivity index is 1.85. The highest BCUT2D eigenvalue weighted by molar-refractivity contribution is 5.22. The van der Waals surface area contributed by atoms with Crippen LogP contribution in [0, 0.1) is 5.41 Å². The Kier molecular flexibility index (Phi) is 2.60. The highest BCUT2D eigenvalue weighted by atomic mass is 16.3. The van der Waals surface area contributed by atoms with E-state index in [4.69, 9.17) is 0 Å². The molecule has 0 aromatic carbocycles. The first-order chi connectivity index (χ1) is 7.78. The van der Waals surface area contributed by atoms with Crippen LogP contribution in [0.4, 0.5) is 0 Å². The van der Waals surface area contributed by atoms with Crippen molar-refractivity contribution >= 4 is 0 Å². The standard InChI is InChI=1S/C14H23NO/c16-12-13(7-3-1-4-8-13)11-15-14(12)9-5-2-6-10-14/h5,9,12,15-16H,1-4,6-8,10-11H2/t12-,14+/m1/s1. The summed E-state index contributed by atoms with van der Waals surface area (Å²) in [6, 6.07) is 0. The van der Waals surface area contributed by atoms with Crippen LogP contribution in [0.2, 0.25) is 0 Å². The van der Waals surface area contributed by atoms with Gasteiger partial charge in [0, 0.05) is 12.0 Å². The molecule has 1 aliphatic heterocycles. The molecule has 1 saturated heterocycles. The van der Waals surface area contributed by atoms with Crippen LogP contribution in [0.25, 0.3) is 0 Å². The molecular weight excluding hydrogens is 198 g/mol. The first kappa shape index (κ1) is 10.8. The molecule has 2 fully saturated rings. The van der Waals surface area contributed by atoms with Crippen molar-refractivity contribution in [1.82, 2.24) is 5.32 Å². The number of aliphatic hydroxyl groups excluding tert-OH is 1. The number of allylic oxidation sites excluding steroid dienone is 1. The van der Waals surface area contributed by atoms with E-state index in [1.807, 2.05) is 0 Å². The molecule has 0 amide bonds. The summed E-state index contributed by atoms with van der Waals surface area (Å²) in [7, 11) is 0. The lowest BCUT2D eigenvalue weighted by Crippen LogP contribution is -2.49. The Morgan fingerprint density at radius 2 is 1.88 bits per heavy atom. The third-order valence-electron chi connectivity index (χ3n) is 5.06. The number of aliphatic hydroxyl groups is 1. The average Bonchev–Trinajstić information content (AvgIpc) is 2.59. The zero-order valence-electron chi connectivity index (χ0n) is 10.0.